The normalized spacial score (nSPS) is 13.9. The predicted octanol–water partition coefficient (Wildman–Crippen LogP) is 1.82. The highest BCUT2D eigenvalue weighted by molar-refractivity contribution is 7.90. The number of hydrogen-bond donors (Lipinski definition) is 1. The maximum atomic E-state index is 11.1. The molecule has 1 unspecified atom stereocenters. The molecule has 0 amide bonds. The van der Waals surface area contributed by atoms with E-state index in [9.17, 15) is 13.5 Å². The molecular formula is C15H25NO3S. The lowest BCUT2D eigenvalue weighted by Gasteiger charge is -2.20. The lowest BCUT2D eigenvalue weighted by atomic mass is 10.00. The third-order valence-corrected chi connectivity index (χ3v) is 4.24. The second-order valence-corrected chi connectivity index (χ2v) is 7.99. The highest BCUT2D eigenvalue weighted by Gasteiger charge is 2.12. The fourth-order valence-electron chi connectivity index (χ4n) is 1.92. The molecule has 114 valence electrons. The first-order chi connectivity index (χ1) is 9.19. The van der Waals surface area contributed by atoms with Gasteiger partial charge in [0, 0.05) is 19.3 Å². The first-order valence-electron chi connectivity index (χ1n) is 6.83. The van der Waals surface area contributed by atoms with Gasteiger partial charge in [0.1, 0.15) is 9.84 Å². The van der Waals surface area contributed by atoms with Crippen LogP contribution < -0.4 is 0 Å². The Labute approximate surface area is 122 Å². The van der Waals surface area contributed by atoms with E-state index < -0.39 is 15.9 Å². The van der Waals surface area contributed by atoms with Crippen molar-refractivity contribution in [2.45, 2.75) is 25.9 Å². The van der Waals surface area contributed by atoms with Crippen LogP contribution in [0.1, 0.15) is 37.0 Å². The van der Waals surface area contributed by atoms with Crippen LogP contribution in [0.5, 0.6) is 0 Å². The van der Waals surface area contributed by atoms with E-state index in [0.29, 0.717) is 19.0 Å². The van der Waals surface area contributed by atoms with Gasteiger partial charge in [0.15, 0.2) is 0 Å². The molecule has 20 heavy (non-hydrogen) atoms. The predicted molar refractivity (Wildman–Crippen MR) is 82.7 cm³/mol. The van der Waals surface area contributed by atoms with Gasteiger partial charge in [-0.3, -0.25) is 0 Å². The van der Waals surface area contributed by atoms with Crippen molar-refractivity contribution in [1.82, 2.24) is 4.90 Å². The number of rotatable bonds is 7. The average Bonchev–Trinajstić information content (AvgIpc) is 2.35. The minimum atomic E-state index is -2.96. The summed E-state index contributed by atoms with van der Waals surface area (Å²) in [6, 6.07) is 7.92. The second-order valence-electron chi connectivity index (χ2n) is 5.73. The summed E-state index contributed by atoms with van der Waals surface area (Å²) in [4.78, 5) is 1.84. The third-order valence-electron chi connectivity index (χ3n) is 3.32. The first kappa shape index (κ1) is 17.1. The van der Waals surface area contributed by atoms with Crippen molar-refractivity contribution in [3.63, 3.8) is 0 Å². The molecule has 1 rings (SSSR count). The Balaban J connectivity index is 2.55. The molecule has 0 spiro atoms. The monoisotopic (exact) mass is 299 g/mol. The van der Waals surface area contributed by atoms with Crippen molar-refractivity contribution < 1.29 is 13.5 Å². The molecule has 0 bridgehead atoms. The maximum Gasteiger partial charge on any atom is 0.148 e. The summed E-state index contributed by atoms with van der Waals surface area (Å²) in [5, 5.41) is 10.2. The van der Waals surface area contributed by atoms with E-state index in [0.717, 1.165) is 5.56 Å². The molecule has 1 aromatic rings. The van der Waals surface area contributed by atoms with Crippen LogP contribution in [0.4, 0.5) is 0 Å². The zero-order valence-corrected chi connectivity index (χ0v) is 13.5. The summed E-state index contributed by atoms with van der Waals surface area (Å²) in [5.41, 5.74) is 2.10. The smallest absolute Gasteiger partial charge is 0.148 e. The number of hydrogen-bond acceptors (Lipinski definition) is 4. The number of aliphatic hydroxyl groups is 1. The fourth-order valence-corrected chi connectivity index (χ4v) is 2.56. The van der Waals surface area contributed by atoms with Gasteiger partial charge in [0.05, 0.1) is 11.9 Å². The summed E-state index contributed by atoms with van der Waals surface area (Å²) < 4.78 is 22.2. The van der Waals surface area contributed by atoms with Crippen molar-refractivity contribution in [2.75, 3.05) is 32.1 Å². The largest absolute Gasteiger partial charge is 0.387 e. The van der Waals surface area contributed by atoms with E-state index in [4.69, 9.17) is 0 Å². The standard InChI is InChI=1S/C15H25NO3S/c1-12(2)13-5-7-14(8-6-13)15(17)11-16(3)9-10-20(4,18)19/h5-8,12,15,17H,9-11H2,1-4H3. The molecule has 1 N–H and O–H groups in total. The first-order valence-corrected chi connectivity index (χ1v) is 8.89. The summed E-state index contributed by atoms with van der Waals surface area (Å²) >= 11 is 0. The lowest BCUT2D eigenvalue weighted by molar-refractivity contribution is 0.130. The zero-order chi connectivity index (χ0) is 15.3. The Morgan fingerprint density at radius 1 is 1.15 bits per heavy atom. The van der Waals surface area contributed by atoms with Crippen LogP contribution in [-0.2, 0) is 9.84 Å². The second kappa shape index (κ2) is 7.20. The van der Waals surface area contributed by atoms with E-state index >= 15 is 0 Å². The van der Waals surface area contributed by atoms with E-state index in [-0.39, 0.29) is 5.75 Å². The molecule has 0 aromatic heterocycles. The highest BCUT2D eigenvalue weighted by atomic mass is 32.2. The topological polar surface area (TPSA) is 57.6 Å². The van der Waals surface area contributed by atoms with Crippen LogP contribution in [0.25, 0.3) is 0 Å². The Kier molecular flexibility index (Phi) is 6.17. The lowest BCUT2D eigenvalue weighted by Crippen LogP contribution is -2.29. The van der Waals surface area contributed by atoms with Crippen molar-refractivity contribution >= 4 is 9.84 Å². The van der Waals surface area contributed by atoms with E-state index in [2.05, 4.69) is 13.8 Å². The summed E-state index contributed by atoms with van der Waals surface area (Å²) in [6.45, 7) is 5.12. The van der Waals surface area contributed by atoms with Gasteiger partial charge in [0.25, 0.3) is 0 Å². The molecule has 4 nitrogen and oxygen atoms in total. The van der Waals surface area contributed by atoms with Gasteiger partial charge >= 0.3 is 0 Å². The molecule has 0 fully saturated rings. The summed E-state index contributed by atoms with van der Waals surface area (Å²) in [5.74, 6) is 0.585. The Morgan fingerprint density at radius 2 is 1.65 bits per heavy atom. The number of aliphatic hydroxyl groups excluding tert-OH is 1. The van der Waals surface area contributed by atoms with Gasteiger partial charge < -0.3 is 10.0 Å². The Bertz CT molecular complexity index is 508. The molecule has 0 saturated carbocycles. The Hall–Kier alpha value is -0.910. The number of likely N-dealkylation sites (N-methyl/N-ethyl adjacent to an activating group) is 1. The van der Waals surface area contributed by atoms with E-state index in [1.54, 1.807) is 0 Å². The maximum absolute atomic E-state index is 11.1. The van der Waals surface area contributed by atoms with Gasteiger partial charge in [-0.2, -0.15) is 0 Å². The number of benzene rings is 1. The molecule has 1 aromatic carbocycles. The molecular weight excluding hydrogens is 274 g/mol. The van der Waals surface area contributed by atoms with Crippen LogP contribution in [0.3, 0.4) is 0 Å². The van der Waals surface area contributed by atoms with Crippen LogP contribution in [-0.4, -0.2) is 50.6 Å². The van der Waals surface area contributed by atoms with Gasteiger partial charge in [-0.05, 0) is 24.1 Å². The average molecular weight is 299 g/mol. The minimum absolute atomic E-state index is 0.114. The molecule has 0 saturated heterocycles. The molecule has 1 atom stereocenters. The zero-order valence-electron chi connectivity index (χ0n) is 12.7. The van der Waals surface area contributed by atoms with Crippen LogP contribution in [0, 0.1) is 0 Å². The van der Waals surface area contributed by atoms with E-state index in [1.807, 2.05) is 36.2 Å². The van der Waals surface area contributed by atoms with Gasteiger partial charge in [-0.15, -0.1) is 0 Å². The molecule has 0 aliphatic heterocycles. The van der Waals surface area contributed by atoms with Crippen molar-refractivity contribution in [2.24, 2.45) is 0 Å². The SMILES string of the molecule is CC(C)c1ccc(C(O)CN(C)CCS(C)(=O)=O)cc1. The van der Waals surface area contributed by atoms with Crippen LogP contribution >= 0.6 is 0 Å². The van der Waals surface area contributed by atoms with Gasteiger partial charge in [0.2, 0.25) is 0 Å². The van der Waals surface area contributed by atoms with Crippen LogP contribution in [0.15, 0.2) is 24.3 Å². The highest BCUT2D eigenvalue weighted by Crippen LogP contribution is 2.19. The van der Waals surface area contributed by atoms with Crippen molar-refractivity contribution in [1.29, 1.82) is 0 Å². The van der Waals surface area contributed by atoms with Crippen LogP contribution in [0.2, 0.25) is 0 Å². The summed E-state index contributed by atoms with van der Waals surface area (Å²) in [7, 11) is -1.14. The molecule has 0 aliphatic carbocycles. The minimum Gasteiger partial charge on any atom is -0.387 e. The Morgan fingerprint density at radius 3 is 2.10 bits per heavy atom. The molecule has 0 radical (unpaired) electrons. The van der Waals surface area contributed by atoms with Crippen molar-refractivity contribution in [3.05, 3.63) is 35.4 Å². The molecule has 5 heteroatoms. The molecule has 0 aliphatic rings. The summed E-state index contributed by atoms with van der Waals surface area (Å²) in [6.07, 6.45) is 0.628. The fraction of sp³-hybridized carbons (Fsp3) is 0.600. The van der Waals surface area contributed by atoms with Crippen molar-refractivity contribution in [3.8, 4) is 0 Å². The van der Waals surface area contributed by atoms with Gasteiger partial charge in [-0.25, -0.2) is 8.42 Å². The van der Waals surface area contributed by atoms with Gasteiger partial charge in [-0.1, -0.05) is 38.1 Å². The number of nitrogens with zero attached hydrogens (tertiary/aromatic N) is 1. The molecule has 0 heterocycles. The quantitative estimate of drug-likeness (QED) is 0.834. The number of sulfone groups is 1. The third kappa shape index (κ3) is 6.03. The van der Waals surface area contributed by atoms with E-state index in [1.165, 1.54) is 11.8 Å².